The van der Waals surface area contributed by atoms with Gasteiger partial charge in [0, 0.05) is 25.7 Å². The third-order valence-electron chi connectivity index (χ3n) is 17.5. The number of rotatable bonds is 75. The molecule has 0 amide bonds. The molecule has 558 valence electrons. The molecule has 0 saturated carbocycles. The summed E-state index contributed by atoms with van der Waals surface area (Å²) in [6.45, 7) is 7.22. The molecule has 2 unspecified atom stereocenters. The number of ether oxygens (including phenoxy) is 4. The lowest BCUT2D eigenvalue weighted by molar-refractivity contribution is -0.161. The average Bonchev–Trinajstić information content (AvgIpc) is 1.74. The second-order valence-corrected chi connectivity index (χ2v) is 30.4. The molecule has 0 aromatic heterocycles. The first-order valence-electron chi connectivity index (χ1n) is 39.1. The van der Waals surface area contributed by atoms with Gasteiger partial charge in [-0.1, -0.05) is 343 Å². The van der Waals surface area contributed by atoms with Crippen molar-refractivity contribution in [2.45, 2.75) is 412 Å². The van der Waals surface area contributed by atoms with Crippen molar-refractivity contribution in [1.29, 1.82) is 0 Å². The largest absolute Gasteiger partial charge is 0.472 e. The lowest BCUT2D eigenvalue weighted by Crippen LogP contribution is -2.30. The van der Waals surface area contributed by atoms with E-state index in [1.807, 2.05) is 0 Å². The van der Waals surface area contributed by atoms with Crippen molar-refractivity contribution < 1.29 is 80.2 Å². The molecule has 3 N–H and O–H groups in total. The normalized spacial score (nSPS) is 14.0. The van der Waals surface area contributed by atoms with Gasteiger partial charge in [0.15, 0.2) is 12.2 Å². The number of phosphoric acid groups is 2. The quantitative estimate of drug-likeness (QED) is 0.0222. The molecular formula is C75H146O17P2. The summed E-state index contributed by atoms with van der Waals surface area (Å²) >= 11 is 0. The number of carbonyl (C=O) groups excluding carboxylic acids is 4. The third kappa shape index (κ3) is 68.6. The van der Waals surface area contributed by atoms with Crippen molar-refractivity contribution in [2.24, 2.45) is 5.92 Å². The Morgan fingerprint density at radius 1 is 0.287 bits per heavy atom. The van der Waals surface area contributed by atoms with Gasteiger partial charge < -0.3 is 33.8 Å². The second kappa shape index (κ2) is 68.2. The predicted octanol–water partition coefficient (Wildman–Crippen LogP) is 22.1. The van der Waals surface area contributed by atoms with Gasteiger partial charge in [-0.15, -0.1) is 0 Å². The minimum atomic E-state index is -4.95. The van der Waals surface area contributed by atoms with Gasteiger partial charge in [-0.3, -0.25) is 37.3 Å². The molecule has 0 aromatic rings. The Morgan fingerprint density at radius 2 is 0.489 bits per heavy atom. The fourth-order valence-electron chi connectivity index (χ4n) is 11.5. The standard InChI is InChI=1S/C75H146O17P2/c1-6-9-12-15-17-19-21-23-25-26-27-28-30-32-38-42-46-51-56-61-75(80)92-71(65-86-73(78)59-54-49-44-40-36-34-33-35-39-43-48-52-57-68(4)5)67-90-94(83,84)88-63-69(76)62-87-93(81,82)89-66-70(64-85-72(77)58-53-47-14-11-8-3)91-74(79)60-55-50-45-41-37-31-29-24-22-20-18-16-13-10-7-2/h68-71,76H,6-67H2,1-5H3,(H,81,82)(H,83,84)/t69-,70+,71+/m0/s1. The number of carbonyl (C=O) groups is 4. The van der Waals surface area contributed by atoms with E-state index in [0.717, 1.165) is 102 Å². The molecule has 0 aliphatic heterocycles. The Morgan fingerprint density at radius 3 is 0.723 bits per heavy atom. The Kier molecular flexibility index (Phi) is 66.8. The smallest absolute Gasteiger partial charge is 0.462 e. The summed E-state index contributed by atoms with van der Waals surface area (Å²) in [6, 6.07) is 0. The fourth-order valence-corrected chi connectivity index (χ4v) is 13.1. The zero-order valence-corrected chi connectivity index (χ0v) is 62.9. The molecule has 0 aliphatic carbocycles. The average molecular weight is 1380 g/mol. The summed E-state index contributed by atoms with van der Waals surface area (Å²) in [5.74, 6) is -1.34. The summed E-state index contributed by atoms with van der Waals surface area (Å²) in [7, 11) is -9.90. The van der Waals surface area contributed by atoms with Crippen LogP contribution >= 0.6 is 15.6 Å². The molecule has 0 aromatic carbocycles. The molecule has 0 bridgehead atoms. The number of esters is 4. The zero-order valence-electron chi connectivity index (χ0n) is 61.1. The van der Waals surface area contributed by atoms with Crippen LogP contribution in [0, 0.1) is 5.92 Å². The highest BCUT2D eigenvalue weighted by molar-refractivity contribution is 7.47. The van der Waals surface area contributed by atoms with Crippen LogP contribution in [0.15, 0.2) is 0 Å². The molecule has 0 radical (unpaired) electrons. The highest BCUT2D eigenvalue weighted by Crippen LogP contribution is 2.45. The van der Waals surface area contributed by atoms with Gasteiger partial charge in [0.1, 0.15) is 19.3 Å². The van der Waals surface area contributed by atoms with E-state index in [2.05, 4.69) is 34.6 Å². The lowest BCUT2D eigenvalue weighted by Gasteiger charge is -2.21. The van der Waals surface area contributed by atoms with Crippen LogP contribution in [0.25, 0.3) is 0 Å². The van der Waals surface area contributed by atoms with Gasteiger partial charge in [-0.05, 0) is 31.6 Å². The Labute approximate surface area is 575 Å². The maximum absolute atomic E-state index is 13.1. The number of aliphatic hydroxyl groups is 1. The molecule has 0 heterocycles. The highest BCUT2D eigenvalue weighted by atomic mass is 31.2. The maximum Gasteiger partial charge on any atom is 0.472 e. The minimum absolute atomic E-state index is 0.107. The summed E-state index contributed by atoms with van der Waals surface area (Å²) in [5.41, 5.74) is 0. The summed E-state index contributed by atoms with van der Waals surface area (Å²) in [6.07, 6.45) is 57.3. The Balaban J connectivity index is 5.13. The van der Waals surface area contributed by atoms with E-state index in [4.69, 9.17) is 37.0 Å². The number of unbranched alkanes of at least 4 members (excludes halogenated alkanes) is 47. The van der Waals surface area contributed by atoms with Crippen LogP contribution in [0.2, 0.25) is 0 Å². The lowest BCUT2D eigenvalue weighted by atomic mass is 10.0. The topological polar surface area (TPSA) is 237 Å². The predicted molar refractivity (Wildman–Crippen MR) is 382 cm³/mol. The van der Waals surface area contributed by atoms with E-state index in [1.54, 1.807) is 0 Å². The molecule has 19 heteroatoms. The van der Waals surface area contributed by atoms with E-state index in [1.165, 1.54) is 212 Å². The molecule has 0 spiro atoms. The van der Waals surface area contributed by atoms with Crippen molar-refractivity contribution in [3.63, 3.8) is 0 Å². The van der Waals surface area contributed by atoms with E-state index >= 15 is 0 Å². The summed E-state index contributed by atoms with van der Waals surface area (Å²) in [4.78, 5) is 72.5. The molecule has 94 heavy (non-hydrogen) atoms. The van der Waals surface area contributed by atoms with Crippen LogP contribution in [0.1, 0.15) is 394 Å². The van der Waals surface area contributed by atoms with Gasteiger partial charge in [0.05, 0.1) is 26.4 Å². The first-order chi connectivity index (χ1) is 45.5. The SMILES string of the molecule is CCCCCCCCCCCCCCCCCCCCCC(=O)O[C@H](COC(=O)CCCCCCCCCCCCCCC(C)C)COP(=O)(O)OC[C@@H](O)COP(=O)(O)OC[C@@H](COC(=O)CCCCCCC)OC(=O)CCCCCCCCCCCCCCCCC. The second-order valence-electron chi connectivity index (χ2n) is 27.5. The van der Waals surface area contributed by atoms with E-state index in [-0.39, 0.29) is 25.7 Å². The van der Waals surface area contributed by atoms with Crippen LogP contribution in [0.4, 0.5) is 0 Å². The monoisotopic (exact) mass is 1380 g/mol. The van der Waals surface area contributed by atoms with Gasteiger partial charge in [0.25, 0.3) is 0 Å². The van der Waals surface area contributed by atoms with E-state index in [0.29, 0.717) is 25.7 Å². The highest BCUT2D eigenvalue weighted by Gasteiger charge is 2.30. The maximum atomic E-state index is 13.1. The van der Waals surface area contributed by atoms with Gasteiger partial charge >= 0.3 is 39.5 Å². The number of phosphoric ester groups is 2. The molecule has 17 nitrogen and oxygen atoms in total. The summed E-state index contributed by atoms with van der Waals surface area (Å²) < 4.78 is 68.3. The van der Waals surface area contributed by atoms with Crippen LogP contribution in [-0.2, 0) is 65.4 Å². The van der Waals surface area contributed by atoms with Gasteiger partial charge in [-0.25, -0.2) is 9.13 Å². The number of hydrogen-bond donors (Lipinski definition) is 3. The summed E-state index contributed by atoms with van der Waals surface area (Å²) in [5, 5.41) is 10.6. The van der Waals surface area contributed by atoms with Gasteiger partial charge in [-0.2, -0.15) is 0 Å². The van der Waals surface area contributed by atoms with Crippen LogP contribution in [0.5, 0.6) is 0 Å². The molecule has 0 aliphatic rings. The molecule has 5 atom stereocenters. The number of hydrogen-bond acceptors (Lipinski definition) is 15. The van der Waals surface area contributed by atoms with Crippen LogP contribution in [0.3, 0.4) is 0 Å². The van der Waals surface area contributed by atoms with Crippen molar-refractivity contribution in [2.75, 3.05) is 39.6 Å². The zero-order chi connectivity index (χ0) is 69.1. The minimum Gasteiger partial charge on any atom is -0.462 e. The Hall–Kier alpha value is -1.94. The molecular weight excluding hydrogens is 1230 g/mol. The van der Waals surface area contributed by atoms with Crippen molar-refractivity contribution >= 4 is 39.5 Å². The first-order valence-corrected chi connectivity index (χ1v) is 42.1. The van der Waals surface area contributed by atoms with Crippen molar-refractivity contribution in [3.8, 4) is 0 Å². The van der Waals surface area contributed by atoms with E-state index < -0.39 is 97.5 Å². The van der Waals surface area contributed by atoms with Crippen molar-refractivity contribution in [3.05, 3.63) is 0 Å². The van der Waals surface area contributed by atoms with E-state index in [9.17, 15) is 43.2 Å². The van der Waals surface area contributed by atoms with Crippen LogP contribution < -0.4 is 0 Å². The molecule has 0 rings (SSSR count). The van der Waals surface area contributed by atoms with Gasteiger partial charge in [0.2, 0.25) is 0 Å². The first kappa shape index (κ1) is 92.1. The molecule has 0 saturated heterocycles. The Bertz CT molecular complexity index is 1810. The van der Waals surface area contributed by atoms with Crippen molar-refractivity contribution in [1.82, 2.24) is 0 Å². The molecule has 0 fully saturated rings. The fraction of sp³-hybridized carbons (Fsp3) is 0.947. The number of aliphatic hydroxyl groups excluding tert-OH is 1. The van der Waals surface area contributed by atoms with Crippen LogP contribution in [-0.4, -0.2) is 96.7 Å². The third-order valence-corrected chi connectivity index (χ3v) is 19.4.